The van der Waals surface area contributed by atoms with Crippen LogP contribution in [0.4, 0.5) is 0 Å². The minimum Gasteiger partial charge on any atom is -0.464 e. The van der Waals surface area contributed by atoms with Crippen LogP contribution in [0.2, 0.25) is 5.02 Å². The van der Waals surface area contributed by atoms with Crippen LogP contribution in [-0.4, -0.2) is 53.8 Å². The van der Waals surface area contributed by atoms with Crippen LogP contribution < -0.4 is 5.73 Å². The number of ketones is 1. The third-order valence-electron chi connectivity index (χ3n) is 6.81. The van der Waals surface area contributed by atoms with E-state index in [1.54, 1.807) is 11.0 Å². The van der Waals surface area contributed by atoms with Crippen molar-refractivity contribution in [2.45, 2.75) is 39.0 Å². The van der Waals surface area contributed by atoms with Crippen molar-refractivity contribution in [1.29, 1.82) is 0 Å². The number of piperidine rings is 1. The van der Waals surface area contributed by atoms with E-state index < -0.39 is 11.4 Å². The van der Waals surface area contributed by atoms with Gasteiger partial charge >= 0.3 is 5.97 Å². The molecule has 3 aromatic rings. The molecule has 7 nitrogen and oxygen atoms in total. The first-order valence-electron chi connectivity index (χ1n) is 12.1. The average Bonchev–Trinajstić information content (AvgIpc) is 3.27. The number of benzene rings is 2. The van der Waals surface area contributed by atoms with E-state index in [0.717, 1.165) is 21.3 Å². The number of thiazole rings is 1. The number of esters is 1. The number of Topliss-reactive ketones (excluding diaryl/α,β-unsaturated/α-hetero) is 1. The van der Waals surface area contributed by atoms with Gasteiger partial charge in [-0.05, 0) is 55.5 Å². The molecule has 1 aliphatic heterocycles. The van der Waals surface area contributed by atoms with E-state index in [9.17, 15) is 14.4 Å². The van der Waals surface area contributed by atoms with E-state index in [4.69, 9.17) is 22.1 Å². The molecule has 2 N–H and O–H groups in total. The Kier molecular flexibility index (Phi) is 8.39. The second-order valence-corrected chi connectivity index (χ2v) is 10.8. The summed E-state index contributed by atoms with van der Waals surface area (Å²) < 4.78 is 6.71. The maximum atomic E-state index is 13.5. The lowest BCUT2D eigenvalue weighted by Crippen LogP contribution is -2.50. The van der Waals surface area contributed by atoms with Crippen LogP contribution >= 0.6 is 22.9 Å². The fraction of sp³-hybridized carbons (Fsp3) is 0.407. The van der Waals surface area contributed by atoms with Gasteiger partial charge in [-0.15, -0.1) is 11.3 Å². The van der Waals surface area contributed by atoms with Crippen LogP contribution in [0.25, 0.3) is 10.2 Å². The first kappa shape index (κ1) is 26.3. The fourth-order valence-corrected chi connectivity index (χ4v) is 5.86. The summed E-state index contributed by atoms with van der Waals surface area (Å²) in [6.45, 7) is 2.75. The largest absolute Gasteiger partial charge is 0.464 e. The van der Waals surface area contributed by atoms with Gasteiger partial charge in [-0.1, -0.05) is 35.9 Å². The van der Waals surface area contributed by atoms with Gasteiger partial charge in [-0.2, -0.15) is 0 Å². The maximum Gasteiger partial charge on any atom is 0.312 e. The quantitative estimate of drug-likeness (QED) is 0.420. The van der Waals surface area contributed by atoms with Crippen LogP contribution in [0, 0.1) is 12.3 Å². The lowest BCUT2D eigenvalue weighted by Gasteiger charge is -2.40. The Morgan fingerprint density at radius 1 is 1.17 bits per heavy atom. The van der Waals surface area contributed by atoms with Crippen LogP contribution in [0.1, 0.15) is 35.4 Å². The number of hydrogen-bond acceptors (Lipinski definition) is 7. The van der Waals surface area contributed by atoms with E-state index in [-0.39, 0.29) is 37.7 Å². The first-order valence-corrected chi connectivity index (χ1v) is 13.3. The number of halogens is 1. The van der Waals surface area contributed by atoms with Crippen LogP contribution in [0.5, 0.6) is 0 Å². The predicted octanol–water partition coefficient (Wildman–Crippen LogP) is 4.11. The molecule has 0 unspecified atom stereocenters. The SMILES string of the molecule is Cc1ccc2nc(CC(=O)OCC3(C(=O)CCc4ccccc4Cl)CCN(C(=O)CN)CC3)sc2c1. The summed E-state index contributed by atoms with van der Waals surface area (Å²) in [6, 6.07) is 13.4. The molecule has 1 fully saturated rings. The van der Waals surface area contributed by atoms with Gasteiger partial charge in [0.25, 0.3) is 0 Å². The number of carbonyl (C=O) groups is 3. The highest BCUT2D eigenvalue weighted by Crippen LogP contribution is 2.35. The zero-order valence-corrected chi connectivity index (χ0v) is 21.9. The highest BCUT2D eigenvalue weighted by Gasteiger charge is 2.42. The summed E-state index contributed by atoms with van der Waals surface area (Å²) in [7, 11) is 0. The molecule has 1 aliphatic rings. The lowest BCUT2D eigenvalue weighted by atomic mass is 9.73. The Bertz CT molecular complexity index is 1270. The number of likely N-dealkylation sites (tertiary alicyclic amines) is 1. The number of ether oxygens (including phenoxy) is 1. The number of aryl methyl sites for hydroxylation is 2. The summed E-state index contributed by atoms with van der Waals surface area (Å²) >= 11 is 7.75. The Balaban J connectivity index is 1.43. The summed E-state index contributed by atoms with van der Waals surface area (Å²) in [5, 5.41) is 1.31. The van der Waals surface area contributed by atoms with Gasteiger partial charge < -0.3 is 15.4 Å². The number of nitrogens with zero attached hydrogens (tertiary/aromatic N) is 2. The molecule has 1 saturated heterocycles. The van der Waals surface area contributed by atoms with E-state index in [1.807, 2.05) is 43.3 Å². The molecule has 0 saturated carbocycles. The third kappa shape index (κ3) is 6.11. The van der Waals surface area contributed by atoms with E-state index >= 15 is 0 Å². The topological polar surface area (TPSA) is 103 Å². The molecule has 0 bridgehead atoms. The molecule has 0 aliphatic carbocycles. The van der Waals surface area contributed by atoms with Gasteiger partial charge in [0.15, 0.2) is 0 Å². The van der Waals surface area contributed by atoms with E-state index in [2.05, 4.69) is 4.98 Å². The molecular weight excluding hydrogens is 498 g/mol. The van der Waals surface area contributed by atoms with E-state index in [1.165, 1.54) is 11.3 Å². The molecule has 0 spiro atoms. The number of amides is 1. The smallest absolute Gasteiger partial charge is 0.312 e. The zero-order chi connectivity index (χ0) is 25.7. The zero-order valence-electron chi connectivity index (χ0n) is 20.3. The molecule has 0 radical (unpaired) electrons. The molecule has 0 atom stereocenters. The van der Waals surface area contributed by atoms with Gasteiger partial charge in [0.05, 0.1) is 28.6 Å². The predicted molar refractivity (Wildman–Crippen MR) is 141 cm³/mol. The minimum atomic E-state index is -0.840. The van der Waals surface area contributed by atoms with Crippen molar-refractivity contribution in [1.82, 2.24) is 9.88 Å². The Morgan fingerprint density at radius 2 is 1.92 bits per heavy atom. The van der Waals surface area contributed by atoms with Crippen molar-refractivity contribution < 1.29 is 19.1 Å². The molecular formula is C27H30ClN3O4S. The summed E-state index contributed by atoms with van der Waals surface area (Å²) in [5.41, 5.74) is 7.58. The standard InChI is InChI=1S/C27H30ClN3O4S/c1-18-6-8-21-22(14-18)36-24(30-21)15-26(34)35-17-27(10-12-31(13-11-27)25(33)16-29)23(32)9-7-19-4-2-3-5-20(19)28/h2-6,8,14H,7,9-13,15-17,29H2,1H3. The average molecular weight is 528 g/mol. The molecule has 2 heterocycles. The maximum absolute atomic E-state index is 13.5. The van der Waals surface area contributed by atoms with Gasteiger partial charge in [-0.3, -0.25) is 14.4 Å². The lowest BCUT2D eigenvalue weighted by molar-refractivity contribution is -0.153. The van der Waals surface area contributed by atoms with Crippen LogP contribution in [-0.2, 0) is 32.0 Å². The normalized spacial score (nSPS) is 15.1. The number of rotatable bonds is 9. The molecule has 1 amide bonds. The highest BCUT2D eigenvalue weighted by molar-refractivity contribution is 7.18. The number of hydrogen-bond donors (Lipinski definition) is 1. The van der Waals surface area contributed by atoms with Crippen molar-refractivity contribution in [3.05, 3.63) is 63.6 Å². The second-order valence-electron chi connectivity index (χ2n) is 9.30. The van der Waals surface area contributed by atoms with Crippen LogP contribution in [0.3, 0.4) is 0 Å². The molecule has 36 heavy (non-hydrogen) atoms. The van der Waals surface area contributed by atoms with Crippen molar-refractivity contribution in [3.63, 3.8) is 0 Å². The molecule has 190 valence electrons. The molecule has 1 aromatic heterocycles. The van der Waals surface area contributed by atoms with Crippen molar-refractivity contribution in [2.24, 2.45) is 11.1 Å². The van der Waals surface area contributed by atoms with Crippen molar-refractivity contribution in [3.8, 4) is 0 Å². The number of carbonyl (C=O) groups excluding carboxylic acids is 3. The Hall–Kier alpha value is -2.81. The number of nitrogens with two attached hydrogens (primary N) is 1. The second kappa shape index (κ2) is 11.5. The Morgan fingerprint density at radius 3 is 2.64 bits per heavy atom. The van der Waals surface area contributed by atoms with Gasteiger partial charge in [0, 0.05) is 24.5 Å². The fourth-order valence-electron chi connectivity index (χ4n) is 4.58. The third-order valence-corrected chi connectivity index (χ3v) is 8.20. The molecule has 4 rings (SSSR count). The summed E-state index contributed by atoms with van der Waals surface area (Å²) in [6.07, 6.45) is 1.69. The number of fused-ring (bicyclic) bond motifs is 1. The monoisotopic (exact) mass is 527 g/mol. The number of aromatic nitrogens is 1. The molecule has 9 heteroatoms. The van der Waals surface area contributed by atoms with E-state index in [0.29, 0.717) is 42.4 Å². The molecule has 2 aromatic carbocycles. The van der Waals surface area contributed by atoms with Crippen molar-refractivity contribution in [2.75, 3.05) is 26.2 Å². The Labute approximate surface area is 219 Å². The summed E-state index contributed by atoms with van der Waals surface area (Å²) in [4.78, 5) is 44.5. The van der Waals surface area contributed by atoms with Gasteiger partial charge in [0.2, 0.25) is 5.91 Å². The van der Waals surface area contributed by atoms with Crippen LogP contribution in [0.15, 0.2) is 42.5 Å². The highest BCUT2D eigenvalue weighted by atomic mass is 35.5. The van der Waals surface area contributed by atoms with Gasteiger partial charge in [0.1, 0.15) is 17.4 Å². The first-order chi connectivity index (χ1) is 17.3. The van der Waals surface area contributed by atoms with Crippen molar-refractivity contribution >= 4 is 50.8 Å². The minimum absolute atomic E-state index is 0.0121. The van der Waals surface area contributed by atoms with Gasteiger partial charge in [-0.25, -0.2) is 4.98 Å². The summed E-state index contributed by atoms with van der Waals surface area (Å²) in [5.74, 6) is -0.537.